The highest BCUT2D eigenvalue weighted by atomic mass is 19.1. The number of carboxylic acid groups (broad SMARTS) is 1. The number of pyridine rings is 1. The van der Waals surface area contributed by atoms with E-state index in [2.05, 4.69) is 4.98 Å². The lowest BCUT2D eigenvalue weighted by molar-refractivity contribution is 0.0692. The highest BCUT2D eigenvalue weighted by Crippen LogP contribution is 2.25. The number of rotatable bonds is 2. The Morgan fingerprint density at radius 2 is 1.80 bits per heavy atom. The van der Waals surface area contributed by atoms with Gasteiger partial charge in [-0.2, -0.15) is 0 Å². The summed E-state index contributed by atoms with van der Waals surface area (Å²) in [4.78, 5) is 15.0. The van der Waals surface area contributed by atoms with E-state index >= 15 is 0 Å². The number of aromatic carboxylic acids is 1. The molecule has 2 aromatic carbocycles. The number of carbonyl (C=O) groups is 1. The number of nitrogens with zero attached hydrogens (tertiary/aromatic N) is 1. The Hall–Kier alpha value is -2.75. The van der Waals surface area contributed by atoms with Crippen molar-refractivity contribution in [2.75, 3.05) is 0 Å². The maximum atomic E-state index is 13.7. The highest BCUT2D eigenvalue weighted by molar-refractivity contribution is 5.89. The molecule has 0 aliphatic heterocycles. The number of hydrogen-bond donors (Lipinski definition) is 1. The minimum atomic E-state index is -1.27. The lowest BCUT2D eigenvalue weighted by atomic mass is 10.0. The predicted octanol–water partition coefficient (Wildman–Crippen LogP) is 3.74. The van der Waals surface area contributed by atoms with Crippen molar-refractivity contribution >= 4 is 16.9 Å². The normalized spacial score (nSPS) is 10.7. The molecular weight excluding hydrogens is 257 g/mol. The Kier molecular flexibility index (Phi) is 2.91. The smallest absolute Gasteiger partial charge is 0.338 e. The van der Waals surface area contributed by atoms with E-state index in [1.54, 1.807) is 12.3 Å². The molecule has 1 heterocycles. The Morgan fingerprint density at radius 3 is 2.55 bits per heavy atom. The number of benzene rings is 2. The van der Waals surface area contributed by atoms with Crippen LogP contribution in [0.1, 0.15) is 10.4 Å². The summed E-state index contributed by atoms with van der Waals surface area (Å²) in [5.74, 6) is -2.00. The van der Waals surface area contributed by atoms with Gasteiger partial charge in [-0.15, -0.1) is 0 Å². The van der Waals surface area contributed by atoms with E-state index in [-0.39, 0.29) is 5.56 Å². The summed E-state index contributed by atoms with van der Waals surface area (Å²) in [5.41, 5.74) is 2.00. The van der Waals surface area contributed by atoms with Gasteiger partial charge in [-0.1, -0.05) is 18.2 Å². The second-order valence-electron chi connectivity index (χ2n) is 4.41. The van der Waals surface area contributed by atoms with Crippen LogP contribution in [0.15, 0.2) is 54.7 Å². The van der Waals surface area contributed by atoms with E-state index in [9.17, 15) is 9.18 Å². The first-order chi connectivity index (χ1) is 9.65. The fourth-order valence-corrected chi connectivity index (χ4v) is 2.12. The molecule has 1 aromatic heterocycles. The van der Waals surface area contributed by atoms with Crippen molar-refractivity contribution in [3.05, 3.63) is 66.1 Å². The molecule has 3 nitrogen and oxygen atoms in total. The van der Waals surface area contributed by atoms with Crippen LogP contribution in [-0.2, 0) is 0 Å². The quantitative estimate of drug-likeness (QED) is 0.769. The summed E-state index contributed by atoms with van der Waals surface area (Å²) >= 11 is 0. The fraction of sp³-hybridized carbons (Fsp3) is 0. The SMILES string of the molecule is O=C(O)c1ccc(-c2ccc3ncccc3c2)cc1F. The van der Waals surface area contributed by atoms with Crippen LogP contribution in [0.3, 0.4) is 0 Å². The van der Waals surface area contributed by atoms with Crippen LogP contribution in [0.4, 0.5) is 4.39 Å². The van der Waals surface area contributed by atoms with Crippen LogP contribution < -0.4 is 0 Å². The van der Waals surface area contributed by atoms with Crippen LogP contribution >= 0.6 is 0 Å². The summed E-state index contributed by atoms with van der Waals surface area (Å²) in [5, 5.41) is 9.77. The average molecular weight is 267 g/mol. The van der Waals surface area contributed by atoms with Crippen LogP contribution in [0.5, 0.6) is 0 Å². The van der Waals surface area contributed by atoms with Crippen molar-refractivity contribution in [1.29, 1.82) is 0 Å². The topological polar surface area (TPSA) is 50.2 Å². The molecule has 0 aliphatic rings. The van der Waals surface area contributed by atoms with E-state index in [0.29, 0.717) is 5.56 Å². The van der Waals surface area contributed by atoms with Gasteiger partial charge in [0.2, 0.25) is 0 Å². The Morgan fingerprint density at radius 1 is 1.05 bits per heavy atom. The molecule has 3 rings (SSSR count). The zero-order valence-corrected chi connectivity index (χ0v) is 10.4. The van der Waals surface area contributed by atoms with Gasteiger partial charge in [0.1, 0.15) is 5.82 Å². The van der Waals surface area contributed by atoms with Gasteiger partial charge in [-0.3, -0.25) is 4.98 Å². The minimum Gasteiger partial charge on any atom is -0.478 e. The Bertz CT molecular complexity index is 814. The van der Waals surface area contributed by atoms with Gasteiger partial charge in [-0.05, 0) is 41.5 Å². The van der Waals surface area contributed by atoms with Crippen molar-refractivity contribution in [2.45, 2.75) is 0 Å². The first kappa shape index (κ1) is 12.3. The first-order valence-electron chi connectivity index (χ1n) is 6.03. The zero-order chi connectivity index (χ0) is 14.1. The fourth-order valence-electron chi connectivity index (χ4n) is 2.12. The molecule has 0 amide bonds. The van der Waals surface area contributed by atoms with Crippen molar-refractivity contribution in [3.8, 4) is 11.1 Å². The third-order valence-corrected chi connectivity index (χ3v) is 3.14. The van der Waals surface area contributed by atoms with Crippen molar-refractivity contribution in [2.24, 2.45) is 0 Å². The van der Waals surface area contributed by atoms with E-state index in [0.717, 1.165) is 16.5 Å². The standard InChI is InChI=1S/C16H10FNO2/c17-14-9-11(3-5-13(14)16(19)20)10-4-6-15-12(8-10)2-1-7-18-15/h1-9H,(H,19,20). The number of halogens is 1. The number of hydrogen-bond acceptors (Lipinski definition) is 2. The van der Waals surface area contributed by atoms with E-state index in [1.165, 1.54) is 12.1 Å². The molecule has 0 saturated carbocycles. The monoisotopic (exact) mass is 267 g/mol. The van der Waals surface area contributed by atoms with Crippen molar-refractivity contribution in [1.82, 2.24) is 4.98 Å². The van der Waals surface area contributed by atoms with Gasteiger partial charge < -0.3 is 5.11 Å². The molecule has 4 heteroatoms. The average Bonchev–Trinajstić information content (AvgIpc) is 2.46. The van der Waals surface area contributed by atoms with Crippen LogP contribution in [0.25, 0.3) is 22.0 Å². The molecule has 0 saturated heterocycles. The summed E-state index contributed by atoms with van der Waals surface area (Å²) < 4.78 is 13.7. The van der Waals surface area contributed by atoms with Crippen molar-refractivity contribution in [3.63, 3.8) is 0 Å². The molecule has 1 N–H and O–H groups in total. The predicted molar refractivity (Wildman–Crippen MR) is 74.1 cm³/mol. The van der Waals surface area contributed by atoms with E-state index in [4.69, 9.17) is 5.11 Å². The molecule has 0 bridgehead atoms. The number of fused-ring (bicyclic) bond motifs is 1. The maximum Gasteiger partial charge on any atom is 0.338 e. The first-order valence-corrected chi connectivity index (χ1v) is 6.03. The van der Waals surface area contributed by atoms with Crippen LogP contribution in [0.2, 0.25) is 0 Å². The summed E-state index contributed by atoms with van der Waals surface area (Å²) in [6.45, 7) is 0. The minimum absolute atomic E-state index is 0.323. The van der Waals surface area contributed by atoms with Crippen molar-refractivity contribution < 1.29 is 14.3 Å². The second kappa shape index (κ2) is 4.74. The Balaban J connectivity index is 2.11. The maximum absolute atomic E-state index is 13.7. The third kappa shape index (κ3) is 2.12. The molecular formula is C16H10FNO2. The third-order valence-electron chi connectivity index (χ3n) is 3.14. The van der Waals surface area contributed by atoms with Gasteiger partial charge >= 0.3 is 5.97 Å². The molecule has 98 valence electrons. The summed E-state index contributed by atoms with van der Waals surface area (Å²) in [7, 11) is 0. The largest absolute Gasteiger partial charge is 0.478 e. The molecule has 20 heavy (non-hydrogen) atoms. The molecule has 0 aliphatic carbocycles. The lowest BCUT2D eigenvalue weighted by Gasteiger charge is -2.05. The Labute approximate surface area is 114 Å². The molecule has 0 spiro atoms. The van der Waals surface area contributed by atoms with Gasteiger partial charge in [-0.25, -0.2) is 9.18 Å². The zero-order valence-electron chi connectivity index (χ0n) is 10.4. The van der Waals surface area contributed by atoms with E-state index < -0.39 is 11.8 Å². The molecule has 3 aromatic rings. The van der Waals surface area contributed by atoms with Crippen LogP contribution in [0, 0.1) is 5.82 Å². The molecule has 0 unspecified atom stereocenters. The van der Waals surface area contributed by atoms with Crippen LogP contribution in [-0.4, -0.2) is 16.1 Å². The van der Waals surface area contributed by atoms with Gasteiger partial charge in [0.15, 0.2) is 0 Å². The lowest BCUT2D eigenvalue weighted by Crippen LogP contribution is -2.00. The summed E-state index contributed by atoms with van der Waals surface area (Å²) in [6, 6.07) is 13.5. The highest BCUT2D eigenvalue weighted by Gasteiger charge is 2.11. The van der Waals surface area contributed by atoms with Gasteiger partial charge in [0, 0.05) is 11.6 Å². The van der Waals surface area contributed by atoms with Gasteiger partial charge in [0.05, 0.1) is 11.1 Å². The summed E-state index contributed by atoms with van der Waals surface area (Å²) in [6.07, 6.45) is 1.71. The number of carboxylic acids is 1. The molecule has 0 fully saturated rings. The second-order valence-corrected chi connectivity index (χ2v) is 4.41. The molecule has 0 radical (unpaired) electrons. The van der Waals surface area contributed by atoms with E-state index in [1.807, 2.05) is 30.3 Å². The number of aromatic nitrogens is 1. The molecule has 0 atom stereocenters. The van der Waals surface area contributed by atoms with Gasteiger partial charge in [0.25, 0.3) is 0 Å².